The van der Waals surface area contributed by atoms with Crippen LogP contribution in [0, 0.1) is 0 Å². The molecule has 1 aliphatic carbocycles. The Balaban J connectivity index is 0.00000240. The van der Waals surface area contributed by atoms with E-state index in [1.807, 2.05) is 4.90 Å². The van der Waals surface area contributed by atoms with E-state index in [1.165, 1.54) is 26.2 Å². The normalized spacial score (nSPS) is 17.1. The number of benzene rings is 1. The van der Waals surface area contributed by atoms with Crippen molar-refractivity contribution in [3.8, 4) is 5.75 Å². The molecule has 30 heavy (non-hydrogen) atoms. The zero-order chi connectivity index (χ0) is 21.2. The fourth-order valence-corrected chi connectivity index (χ4v) is 4.22. The maximum atomic E-state index is 13.0. The molecule has 1 saturated heterocycles. The zero-order valence-electron chi connectivity index (χ0n) is 18.7. The number of nitrogens with zero attached hydrogens (tertiary/aromatic N) is 2. The van der Waals surface area contributed by atoms with E-state index in [0.29, 0.717) is 18.8 Å². The van der Waals surface area contributed by atoms with E-state index >= 15 is 0 Å². The molecule has 9 nitrogen and oxygen atoms in total. The second-order valence-electron chi connectivity index (χ2n) is 7.61. The van der Waals surface area contributed by atoms with E-state index in [2.05, 4.69) is 4.72 Å². The number of amides is 1. The van der Waals surface area contributed by atoms with E-state index in [9.17, 15) is 23.1 Å². The van der Waals surface area contributed by atoms with Crippen LogP contribution < -0.4 is 43.9 Å². The van der Waals surface area contributed by atoms with E-state index in [-0.39, 0.29) is 54.0 Å². The summed E-state index contributed by atoms with van der Waals surface area (Å²) >= 11 is 0. The molecule has 0 aromatic heterocycles. The van der Waals surface area contributed by atoms with Gasteiger partial charge in [0.2, 0.25) is 0 Å². The summed E-state index contributed by atoms with van der Waals surface area (Å²) in [7, 11) is -1.37. The summed E-state index contributed by atoms with van der Waals surface area (Å²) < 4.78 is 33.4. The molecular formula is C19H28N3NaO6S. The van der Waals surface area contributed by atoms with Gasteiger partial charge in [-0.15, -0.1) is 0 Å². The van der Waals surface area contributed by atoms with Gasteiger partial charge in [0.15, 0.2) is 0 Å². The van der Waals surface area contributed by atoms with Gasteiger partial charge >= 0.3 is 45.7 Å². The molecular weight excluding hydrogens is 421 g/mol. The first-order valence-electron chi connectivity index (χ1n) is 9.76. The van der Waals surface area contributed by atoms with Gasteiger partial charge in [0.1, 0.15) is 11.3 Å². The number of hydrogen-bond donors (Lipinski definition) is 2. The molecule has 1 aliphatic heterocycles. The molecule has 0 unspecified atom stereocenters. The molecule has 0 bridgehead atoms. The number of ether oxygens (including phenoxy) is 1. The minimum atomic E-state index is -4.01. The van der Waals surface area contributed by atoms with E-state index < -0.39 is 22.1 Å². The molecule has 1 amide bonds. The molecule has 1 saturated carbocycles. The maximum absolute atomic E-state index is 13.0. The minimum absolute atomic E-state index is 0. The van der Waals surface area contributed by atoms with Gasteiger partial charge in [-0.05, 0) is 50.7 Å². The van der Waals surface area contributed by atoms with Crippen molar-refractivity contribution in [2.24, 2.45) is 0 Å². The average molecular weight is 450 g/mol. The van der Waals surface area contributed by atoms with Gasteiger partial charge in [-0.3, -0.25) is 4.79 Å². The zero-order valence-corrected chi connectivity index (χ0v) is 20.5. The van der Waals surface area contributed by atoms with Gasteiger partial charge in [0.05, 0.1) is 17.4 Å². The Morgan fingerprint density at radius 1 is 1.17 bits per heavy atom. The van der Waals surface area contributed by atoms with Crippen molar-refractivity contribution in [1.29, 1.82) is 0 Å². The summed E-state index contributed by atoms with van der Waals surface area (Å²) in [4.78, 5) is 26.6. The largest absolute Gasteiger partial charge is 1.00 e. The molecule has 2 aliphatic rings. The van der Waals surface area contributed by atoms with Crippen molar-refractivity contribution in [3.05, 3.63) is 23.3 Å². The summed E-state index contributed by atoms with van der Waals surface area (Å²) in [5.41, 5.74) is 0.461. The second-order valence-corrected chi connectivity index (χ2v) is 9.50. The molecule has 2 N–H and O–H groups in total. The Bertz CT molecular complexity index is 900. The third-order valence-electron chi connectivity index (χ3n) is 5.30. The predicted octanol–water partition coefficient (Wildman–Crippen LogP) is -1.04. The first-order valence-corrected chi connectivity index (χ1v) is 11.2. The number of anilines is 1. The average Bonchev–Trinajstić information content (AvgIpc) is 3.34. The fourth-order valence-electron chi connectivity index (χ4n) is 3.70. The van der Waals surface area contributed by atoms with Crippen LogP contribution in [-0.2, 0) is 10.2 Å². The standard InChI is InChI=1S/C19H27N3O6S.Na.H/c1-21(2)29(26,27)20-18(23)17-15(22-9-5-6-10-22)11-13(19(24)25)12-16(17)28-14-7-3-4-8-14;;/h11-12,14H,3-10H2,1-2H3,(H,20,23)(H,24,25);;/q;+1;-1. The number of carbonyl (C=O) groups excluding carboxylic acids is 1. The first-order chi connectivity index (χ1) is 13.7. The van der Waals surface area contributed by atoms with Crippen molar-refractivity contribution >= 4 is 27.8 Å². The van der Waals surface area contributed by atoms with E-state index in [4.69, 9.17) is 4.74 Å². The Morgan fingerprint density at radius 3 is 2.30 bits per heavy atom. The smallest absolute Gasteiger partial charge is 1.00 e. The van der Waals surface area contributed by atoms with Crippen molar-refractivity contribution in [2.75, 3.05) is 32.1 Å². The maximum Gasteiger partial charge on any atom is 1.00 e. The Kier molecular flexibility index (Phi) is 8.58. The van der Waals surface area contributed by atoms with Crippen LogP contribution in [0.25, 0.3) is 0 Å². The minimum Gasteiger partial charge on any atom is -1.00 e. The molecule has 2 fully saturated rings. The number of aromatic carboxylic acids is 1. The van der Waals surface area contributed by atoms with Crippen LogP contribution in [0.2, 0.25) is 0 Å². The number of nitrogens with one attached hydrogen (secondary N) is 1. The predicted molar refractivity (Wildman–Crippen MR) is 109 cm³/mol. The van der Waals surface area contributed by atoms with Crippen molar-refractivity contribution < 1.29 is 58.8 Å². The molecule has 0 atom stereocenters. The topological polar surface area (TPSA) is 116 Å². The molecule has 162 valence electrons. The van der Waals surface area contributed by atoms with Crippen LogP contribution in [0.15, 0.2) is 12.1 Å². The Hall–Kier alpha value is -1.33. The van der Waals surface area contributed by atoms with Crippen LogP contribution in [0.1, 0.15) is 60.7 Å². The Labute approximate surface area is 200 Å². The van der Waals surface area contributed by atoms with E-state index in [0.717, 1.165) is 42.8 Å². The summed E-state index contributed by atoms with van der Waals surface area (Å²) in [6.45, 7) is 1.32. The SMILES string of the molecule is CN(C)S(=O)(=O)NC(=O)c1c(OC2CCCC2)cc(C(=O)O)cc1N1CCCC1.[H-].[Na+]. The van der Waals surface area contributed by atoms with Crippen LogP contribution >= 0.6 is 0 Å². The molecule has 1 aromatic carbocycles. The molecule has 11 heteroatoms. The summed E-state index contributed by atoms with van der Waals surface area (Å²) in [5.74, 6) is -1.84. The summed E-state index contributed by atoms with van der Waals surface area (Å²) in [6, 6.07) is 2.74. The van der Waals surface area contributed by atoms with Gasteiger partial charge < -0.3 is 16.2 Å². The molecule has 1 aromatic rings. The van der Waals surface area contributed by atoms with Gasteiger partial charge in [0.25, 0.3) is 5.91 Å². The molecule has 3 rings (SSSR count). The van der Waals surface area contributed by atoms with Crippen LogP contribution in [-0.4, -0.2) is 63.0 Å². The number of rotatable bonds is 7. The summed E-state index contributed by atoms with van der Waals surface area (Å²) in [6.07, 6.45) is 5.32. The quantitative estimate of drug-likeness (QED) is 0.511. The van der Waals surface area contributed by atoms with Crippen LogP contribution in [0.4, 0.5) is 5.69 Å². The van der Waals surface area contributed by atoms with Crippen LogP contribution in [0.5, 0.6) is 5.75 Å². The molecule has 0 spiro atoms. The monoisotopic (exact) mass is 449 g/mol. The van der Waals surface area contributed by atoms with Crippen molar-refractivity contribution in [1.82, 2.24) is 9.03 Å². The first kappa shape index (κ1) is 24.9. The third kappa shape index (κ3) is 5.67. The summed E-state index contributed by atoms with van der Waals surface area (Å²) in [5, 5.41) is 9.55. The molecule has 0 radical (unpaired) electrons. The number of carboxylic acids is 1. The number of hydrogen-bond acceptors (Lipinski definition) is 6. The van der Waals surface area contributed by atoms with Crippen molar-refractivity contribution in [3.63, 3.8) is 0 Å². The van der Waals surface area contributed by atoms with Gasteiger partial charge in [0, 0.05) is 27.2 Å². The third-order valence-corrected chi connectivity index (χ3v) is 6.71. The second kappa shape index (κ2) is 10.3. The van der Waals surface area contributed by atoms with Crippen LogP contribution in [0.3, 0.4) is 0 Å². The number of carbonyl (C=O) groups is 2. The van der Waals surface area contributed by atoms with Crippen molar-refractivity contribution in [2.45, 2.75) is 44.6 Å². The Morgan fingerprint density at radius 2 is 1.77 bits per heavy atom. The van der Waals surface area contributed by atoms with Gasteiger partial charge in [-0.1, -0.05) is 0 Å². The fraction of sp³-hybridized carbons (Fsp3) is 0.579. The number of carboxylic acid groups (broad SMARTS) is 1. The van der Waals surface area contributed by atoms with Gasteiger partial charge in [-0.25, -0.2) is 9.52 Å². The molecule has 1 heterocycles. The van der Waals surface area contributed by atoms with E-state index in [1.54, 1.807) is 0 Å². The van der Waals surface area contributed by atoms with Gasteiger partial charge in [-0.2, -0.15) is 12.7 Å².